The van der Waals surface area contributed by atoms with E-state index < -0.39 is 0 Å². The Hall–Kier alpha value is -7.18. The summed E-state index contributed by atoms with van der Waals surface area (Å²) in [5, 5.41) is 5.28. The third kappa shape index (κ3) is 5.92. The number of para-hydroxylation sites is 1. The average Bonchev–Trinajstić information content (AvgIpc) is 3.23. The normalized spacial score (nSPS) is 12.0. The lowest BCUT2D eigenvalue weighted by molar-refractivity contribution is 1.22. The highest BCUT2D eigenvalue weighted by Gasteiger charge is 2.17. The zero-order valence-corrected chi connectivity index (χ0v) is 29.0. The molecular weight excluding hydrogens is 649 g/mol. The van der Waals surface area contributed by atoms with Gasteiger partial charge in [-0.15, -0.1) is 0 Å². The van der Waals surface area contributed by atoms with Gasteiger partial charge in [-0.3, -0.25) is 15.0 Å². The second-order valence-corrected chi connectivity index (χ2v) is 12.9. The standard InChI is InChI=1S/C47H32N6/c1-3-4-5-12-30(2)38-24-22-33-21-23-36-44-35-13-6-7-14-39(35)53-45(37(44)29-50-47(36)46(33)52-38)32-19-17-31(18-20-32)34-27-42(40-15-8-10-25-48-40)51-43(28-34)41-16-9-11-26-49-41/h3-29H,1H2,2H3/b5-4-,30-12+. The number of rotatable bonds is 7. The number of benzene rings is 3. The Bertz CT molecular complexity index is 2840. The summed E-state index contributed by atoms with van der Waals surface area (Å²) >= 11 is 0. The van der Waals surface area contributed by atoms with E-state index in [1.165, 1.54) is 0 Å². The second kappa shape index (κ2) is 13.5. The van der Waals surface area contributed by atoms with Gasteiger partial charge in [0.1, 0.15) is 0 Å². The van der Waals surface area contributed by atoms with Crippen LogP contribution < -0.4 is 0 Å². The predicted octanol–water partition coefficient (Wildman–Crippen LogP) is 11.5. The molecule has 0 amide bonds. The summed E-state index contributed by atoms with van der Waals surface area (Å²) in [6, 6.07) is 41.3. The Morgan fingerprint density at radius 3 is 1.96 bits per heavy atom. The molecule has 0 aliphatic carbocycles. The van der Waals surface area contributed by atoms with E-state index in [0.29, 0.717) is 0 Å². The average molecular weight is 681 g/mol. The number of hydrogen-bond donors (Lipinski definition) is 0. The summed E-state index contributed by atoms with van der Waals surface area (Å²) in [5.74, 6) is 0. The van der Waals surface area contributed by atoms with Gasteiger partial charge in [0.2, 0.25) is 0 Å². The lowest BCUT2D eigenvalue weighted by Gasteiger charge is -2.14. The Morgan fingerprint density at radius 2 is 1.25 bits per heavy atom. The minimum Gasteiger partial charge on any atom is -0.255 e. The van der Waals surface area contributed by atoms with Crippen LogP contribution in [0, 0.1) is 0 Å². The van der Waals surface area contributed by atoms with E-state index in [9.17, 15) is 0 Å². The lowest BCUT2D eigenvalue weighted by atomic mass is 9.96. The van der Waals surface area contributed by atoms with E-state index in [1.807, 2.05) is 66.9 Å². The van der Waals surface area contributed by atoms with Gasteiger partial charge in [0.15, 0.2) is 0 Å². The van der Waals surface area contributed by atoms with Gasteiger partial charge in [0, 0.05) is 51.1 Å². The quantitative estimate of drug-likeness (QED) is 0.123. The van der Waals surface area contributed by atoms with Gasteiger partial charge >= 0.3 is 0 Å². The Morgan fingerprint density at radius 1 is 0.547 bits per heavy atom. The van der Waals surface area contributed by atoms with Crippen LogP contribution in [0.5, 0.6) is 0 Å². The Kier molecular flexibility index (Phi) is 8.10. The first-order valence-corrected chi connectivity index (χ1v) is 17.5. The zero-order chi connectivity index (χ0) is 35.7. The molecule has 0 aliphatic heterocycles. The molecule has 0 atom stereocenters. The van der Waals surface area contributed by atoms with Gasteiger partial charge in [0.25, 0.3) is 0 Å². The van der Waals surface area contributed by atoms with Crippen LogP contribution in [0.2, 0.25) is 0 Å². The highest BCUT2D eigenvalue weighted by molar-refractivity contribution is 6.24. The van der Waals surface area contributed by atoms with Crippen molar-refractivity contribution in [1.29, 1.82) is 0 Å². The van der Waals surface area contributed by atoms with Crippen molar-refractivity contribution >= 4 is 49.1 Å². The number of hydrogen-bond acceptors (Lipinski definition) is 6. The molecule has 6 heteroatoms. The van der Waals surface area contributed by atoms with E-state index >= 15 is 0 Å². The largest absolute Gasteiger partial charge is 0.255 e. The fourth-order valence-corrected chi connectivity index (χ4v) is 6.89. The smallest absolute Gasteiger partial charge is 0.0972 e. The minimum atomic E-state index is 0.790. The molecule has 6 heterocycles. The zero-order valence-electron chi connectivity index (χ0n) is 29.0. The van der Waals surface area contributed by atoms with Gasteiger partial charge in [-0.2, -0.15) is 0 Å². The van der Waals surface area contributed by atoms with Crippen molar-refractivity contribution in [3.8, 4) is 45.2 Å². The van der Waals surface area contributed by atoms with Crippen LogP contribution >= 0.6 is 0 Å². The van der Waals surface area contributed by atoms with Gasteiger partial charge in [-0.1, -0.05) is 104 Å². The topological polar surface area (TPSA) is 77.3 Å². The van der Waals surface area contributed by atoms with E-state index in [0.717, 1.165) is 99.9 Å². The molecular formula is C47H32N6. The number of aromatic nitrogens is 6. The third-order valence-electron chi connectivity index (χ3n) is 9.53. The van der Waals surface area contributed by atoms with Crippen molar-refractivity contribution in [2.45, 2.75) is 6.92 Å². The molecule has 3 aromatic carbocycles. The van der Waals surface area contributed by atoms with Crippen LogP contribution in [0.1, 0.15) is 12.6 Å². The Balaban J connectivity index is 1.19. The summed E-state index contributed by atoms with van der Waals surface area (Å²) in [4.78, 5) is 29.5. The molecule has 0 radical (unpaired) electrons. The van der Waals surface area contributed by atoms with E-state index in [-0.39, 0.29) is 0 Å². The van der Waals surface area contributed by atoms with Gasteiger partial charge < -0.3 is 0 Å². The van der Waals surface area contributed by atoms with E-state index in [2.05, 4.69) is 102 Å². The highest BCUT2D eigenvalue weighted by atomic mass is 14.8. The SMILES string of the molecule is C=C/C=C\C=C(/C)c1ccc2ccc3c(ncc4c(-c5ccc(-c6cc(-c7ccccn7)nc(-c7ccccn7)c6)cc5)nc5ccccc5c43)c2n1. The summed E-state index contributed by atoms with van der Waals surface area (Å²) in [7, 11) is 0. The molecule has 0 unspecified atom stereocenters. The van der Waals surface area contributed by atoms with Crippen LogP contribution in [-0.2, 0) is 0 Å². The predicted molar refractivity (Wildman–Crippen MR) is 218 cm³/mol. The minimum absolute atomic E-state index is 0.790. The maximum absolute atomic E-state index is 5.22. The molecule has 0 bridgehead atoms. The highest BCUT2D eigenvalue weighted by Crippen LogP contribution is 2.39. The molecule has 0 fully saturated rings. The van der Waals surface area contributed by atoms with Crippen LogP contribution in [-0.4, -0.2) is 29.9 Å². The molecule has 6 nitrogen and oxygen atoms in total. The van der Waals surface area contributed by atoms with Crippen molar-refractivity contribution in [1.82, 2.24) is 29.9 Å². The summed E-state index contributed by atoms with van der Waals surface area (Å²) < 4.78 is 0. The van der Waals surface area contributed by atoms with Gasteiger partial charge in [-0.05, 0) is 72.2 Å². The maximum Gasteiger partial charge on any atom is 0.0972 e. The molecule has 0 N–H and O–H groups in total. The fraction of sp³-hybridized carbons (Fsp3) is 0.0213. The monoisotopic (exact) mass is 680 g/mol. The number of fused-ring (bicyclic) bond motifs is 7. The molecule has 0 spiro atoms. The van der Waals surface area contributed by atoms with Crippen molar-refractivity contribution in [2.75, 3.05) is 0 Å². The number of pyridine rings is 6. The van der Waals surface area contributed by atoms with Crippen LogP contribution in [0.15, 0.2) is 171 Å². The van der Waals surface area contributed by atoms with Crippen LogP contribution in [0.4, 0.5) is 0 Å². The number of allylic oxidation sites excluding steroid dienone is 5. The molecule has 0 saturated carbocycles. The van der Waals surface area contributed by atoms with Crippen molar-refractivity contribution in [2.24, 2.45) is 0 Å². The van der Waals surface area contributed by atoms with Crippen molar-refractivity contribution in [3.63, 3.8) is 0 Å². The summed E-state index contributed by atoms with van der Waals surface area (Å²) in [6.45, 7) is 5.84. The molecule has 53 heavy (non-hydrogen) atoms. The van der Waals surface area contributed by atoms with Gasteiger partial charge in [-0.25, -0.2) is 15.0 Å². The number of nitrogens with zero attached hydrogens (tertiary/aromatic N) is 6. The van der Waals surface area contributed by atoms with Crippen LogP contribution in [0.3, 0.4) is 0 Å². The van der Waals surface area contributed by atoms with Gasteiger partial charge in [0.05, 0.1) is 50.7 Å². The summed E-state index contributed by atoms with van der Waals surface area (Å²) in [5.41, 5.74) is 11.8. The first-order valence-electron chi connectivity index (χ1n) is 17.5. The van der Waals surface area contributed by atoms with Crippen molar-refractivity contribution in [3.05, 3.63) is 176 Å². The molecule has 9 aromatic rings. The third-order valence-corrected chi connectivity index (χ3v) is 9.53. The first-order chi connectivity index (χ1) is 26.1. The fourth-order valence-electron chi connectivity index (χ4n) is 6.89. The Labute approximate surface area is 306 Å². The first kappa shape index (κ1) is 31.8. The van der Waals surface area contributed by atoms with E-state index in [4.69, 9.17) is 19.9 Å². The summed E-state index contributed by atoms with van der Waals surface area (Å²) in [6.07, 6.45) is 13.2. The molecule has 0 aliphatic rings. The molecule has 6 aromatic heterocycles. The molecule has 9 rings (SSSR count). The van der Waals surface area contributed by atoms with Crippen LogP contribution in [0.25, 0.3) is 94.2 Å². The molecule has 250 valence electrons. The second-order valence-electron chi connectivity index (χ2n) is 12.9. The lowest BCUT2D eigenvalue weighted by Crippen LogP contribution is -1.95. The van der Waals surface area contributed by atoms with Crippen molar-refractivity contribution < 1.29 is 0 Å². The molecule has 0 saturated heterocycles. The maximum atomic E-state index is 5.22. The van der Waals surface area contributed by atoms with E-state index in [1.54, 1.807) is 18.5 Å².